The molecule has 3 aliphatic rings. The summed E-state index contributed by atoms with van der Waals surface area (Å²) in [6.45, 7) is 20.5. The predicted octanol–water partition coefficient (Wildman–Crippen LogP) is 17.5. The van der Waals surface area contributed by atoms with Crippen LogP contribution in [0.2, 0.25) is 0 Å². The molecule has 0 fully saturated rings. The van der Waals surface area contributed by atoms with Crippen molar-refractivity contribution in [1.29, 1.82) is 0 Å². The molecule has 64 heavy (non-hydrogen) atoms. The summed E-state index contributed by atoms with van der Waals surface area (Å²) in [5.74, 6) is 0.422. The molecule has 3 aliphatic carbocycles. The van der Waals surface area contributed by atoms with Gasteiger partial charge in [0.15, 0.2) is 0 Å². The number of aryl methyl sites for hydroxylation is 6. The van der Waals surface area contributed by atoms with Gasteiger partial charge in [-0.25, -0.2) is 0 Å². The summed E-state index contributed by atoms with van der Waals surface area (Å²) in [5, 5.41) is 0. The predicted molar refractivity (Wildman–Crippen MR) is 275 cm³/mol. The molecule has 0 aliphatic heterocycles. The number of benzene rings is 7. The van der Waals surface area contributed by atoms with Crippen molar-refractivity contribution < 1.29 is 0 Å². The second-order valence-electron chi connectivity index (χ2n) is 19.3. The topological polar surface area (TPSA) is 6.48 Å². The van der Waals surface area contributed by atoms with Crippen LogP contribution in [-0.2, 0) is 0 Å². The molecule has 2 atom stereocenters. The average Bonchev–Trinajstić information content (AvgIpc) is 3.28. The Bertz CT molecular complexity index is 3120. The van der Waals surface area contributed by atoms with Crippen LogP contribution in [0.1, 0.15) is 76.8 Å². The Morgan fingerprint density at radius 3 is 1.36 bits per heavy atom. The van der Waals surface area contributed by atoms with Crippen molar-refractivity contribution >= 4 is 46.3 Å². The molecule has 0 heterocycles. The molecule has 0 radical (unpaired) electrons. The third kappa shape index (κ3) is 7.06. The quantitative estimate of drug-likeness (QED) is 0.151. The van der Waals surface area contributed by atoms with Gasteiger partial charge in [0.05, 0.1) is 11.4 Å². The zero-order chi connectivity index (χ0) is 44.4. The first-order valence-corrected chi connectivity index (χ1v) is 22.9. The molecule has 0 spiro atoms. The summed E-state index contributed by atoms with van der Waals surface area (Å²) in [5.41, 5.74) is 26.2. The maximum absolute atomic E-state index is 2.57. The highest BCUT2D eigenvalue weighted by atomic mass is 15.2. The van der Waals surface area contributed by atoms with E-state index in [9.17, 15) is 0 Å². The summed E-state index contributed by atoms with van der Waals surface area (Å²) >= 11 is 0. The van der Waals surface area contributed by atoms with Gasteiger partial charge in [-0.1, -0.05) is 166 Å². The monoisotopic (exact) mass is 830 g/mol. The Hall–Kier alpha value is -6.90. The molecule has 0 N–H and O–H groups in total. The summed E-state index contributed by atoms with van der Waals surface area (Å²) in [6, 6.07) is 51.9. The normalized spacial score (nSPS) is 16.0. The Morgan fingerprint density at radius 2 is 0.875 bits per heavy atom. The molecule has 0 aromatic heterocycles. The summed E-state index contributed by atoms with van der Waals surface area (Å²) in [7, 11) is 0. The minimum absolute atomic E-state index is 0.0375. The van der Waals surface area contributed by atoms with Crippen molar-refractivity contribution in [3.8, 4) is 22.3 Å². The van der Waals surface area contributed by atoms with E-state index in [-0.39, 0.29) is 17.3 Å². The molecule has 0 bridgehead atoms. The lowest BCUT2D eigenvalue weighted by Crippen LogP contribution is -2.27. The molecular formula is C62H58N2. The van der Waals surface area contributed by atoms with E-state index < -0.39 is 0 Å². The molecule has 7 aromatic rings. The Kier molecular flexibility index (Phi) is 10.3. The highest BCUT2D eigenvalue weighted by molar-refractivity contribution is 5.98. The zero-order valence-electron chi connectivity index (χ0n) is 38.8. The van der Waals surface area contributed by atoms with E-state index in [1.165, 1.54) is 118 Å². The number of allylic oxidation sites excluding steroid dienone is 6. The molecular weight excluding hydrogens is 773 g/mol. The minimum Gasteiger partial charge on any atom is -0.309 e. The summed E-state index contributed by atoms with van der Waals surface area (Å²) in [4.78, 5) is 5.15. The lowest BCUT2D eigenvalue weighted by atomic mass is 9.65. The minimum atomic E-state index is 0.0375. The standard InChI is InChI=1S/C62H58N2/c1-39-18-10-14-22-50(39)45-28-26-43(5)56(36-45)63(54-24-16-12-20-41(54)3)58-38-59(53-33-31-48-35-49(62(7,8)9)34-47-30-32-52(58)61(53)60(47)48)64(55-25-17-13-21-42(55)4)57-37-46(29-27-44(57)6)51-23-15-11-19-40(51)2/h10-38,47,60H,1-9H3. The Morgan fingerprint density at radius 1 is 0.422 bits per heavy atom. The highest BCUT2D eigenvalue weighted by Crippen LogP contribution is 2.57. The molecule has 2 nitrogen and oxygen atoms in total. The maximum Gasteiger partial charge on any atom is 0.0558 e. The van der Waals surface area contributed by atoms with E-state index in [2.05, 4.69) is 248 Å². The van der Waals surface area contributed by atoms with Crippen molar-refractivity contribution in [1.82, 2.24) is 0 Å². The number of hydrogen-bond acceptors (Lipinski definition) is 2. The second-order valence-corrected chi connectivity index (χ2v) is 19.3. The van der Waals surface area contributed by atoms with Crippen LogP contribution >= 0.6 is 0 Å². The zero-order valence-corrected chi connectivity index (χ0v) is 38.8. The molecule has 7 aromatic carbocycles. The molecule has 0 amide bonds. The van der Waals surface area contributed by atoms with Gasteiger partial charge in [0.25, 0.3) is 0 Å². The summed E-state index contributed by atoms with van der Waals surface area (Å²) in [6.07, 6.45) is 14.8. The maximum atomic E-state index is 2.57. The average molecular weight is 831 g/mol. The van der Waals surface area contributed by atoms with Gasteiger partial charge in [0, 0.05) is 45.7 Å². The molecule has 10 rings (SSSR count). The third-order valence-electron chi connectivity index (χ3n) is 14.0. The van der Waals surface area contributed by atoms with Gasteiger partial charge in [-0.05, 0) is 150 Å². The summed E-state index contributed by atoms with van der Waals surface area (Å²) < 4.78 is 0. The number of rotatable bonds is 8. The van der Waals surface area contributed by atoms with Crippen molar-refractivity contribution in [2.45, 2.75) is 68.2 Å². The first kappa shape index (κ1) is 41.1. The fourth-order valence-electron chi connectivity index (χ4n) is 10.4. The molecule has 316 valence electrons. The Balaban J connectivity index is 1.32. The van der Waals surface area contributed by atoms with Crippen LogP contribution in [0.15, 0.2) is 175 Å². The largest absolute Gasteiger partial charge is 0.309 e. The lowest BCUT2D eigenvalue weighted by Gasteiger charge is -2.42. The van der Waals surface area contributed by atoms with Gasteiger partial charge in [-0.15, -0.1) is 0 Å². The number of hydrogen-bond donors (Lipinski definition) is 0. The van der Waals surface area contributed by atoms with Crippen LogP contribution < -0.4 is 9.80 Å². The van der Waals surface area contributed by atoms with Crippen molar-refractivity contribution in [3.63, 3.8) is 0 Å². The van der Waals surface area contributed by atoms with Crippen molar-refractivity contribution in [2.24, 2.45) is 11.3 Å². The second kappa shape index (κ2) is 16.0. The number of nitrogens with zero attached hydrogens (tertiary/aromatic N) is 2. The SMILES string of the molecule is Cc1ccccc1-c1ccc(C)c(N(c2ccccc2C)c2cc(N(c3ccccc3C)c3cc(-c4ccccc4C)ccc3C)c3c4c2C=CC2=CC(C(C)(C)C)=CC(C=C3)C24)c1. The van der Waals surface area contributed by atoms with E-state index in [4.69, 9.17) is 0 Å². The molecule has 2 heteroatoms. The van der Waals surface area contributed by atoms with Crippen LogP contribution in [-0.4, -0.2) is 0 Å². The van der Waals surface area contributed by atoms with Gasteiger partial charge in [0.2, 0.25) is 0 Å². The third-order valence-corrected chi connectivity index (χ3v) is 14.0. The van der Waals surface area contributed by atoms with E-state index in [1.807, 2.05) is 0 Å². The van der Waals surface area contributed by atoms with Crippen molar-refractivity contribution in [3.05, 3.63) is 225 Å². The first-order valence-electron chi connectivity index (χ1n) is 22.9. The molecule has 2 unspecified atom stereocenters. The van der Waals surface area contributed by atoms with Gasteiger partial charge in [0.1, 0.15) is 0 Å². The van der Waals surface area contributed by atoms with E-state index in [1.54, 1.807) is 0 Å². The first-order chi connectivity index (χ1) is 30.9. The van der Waals surface area contributed by atoms with Gasteiger partial charge in [-0.3, -0.25) is 0 Å². The van der Waals surface area contributed by atoms with Crippen LogP contribution in [0.5, 0.6) is 0 Å². The van der Waals surface area contributed by atoms with Gasteiger partial charge in [-0.2, -0.15) is 0 Å². The van der Waals surface area contributed by atoms with Gasteiger partial charge >= 0.3 is 0 Å². The van der Waals surface area contributed by atoms with E-state index in [0.717, 1.165) is 0 Å². The van der Waals surface area contributed by atoms with Crippen LogP contribution in [0.3, 0.4) is 0 Å². The fourth-order valence-corrected chi connectivity index (χ4v) is 10.4. The highest BCUT2D eigenvalue weighted by Gasteiger charge is 2.39. The number of para-hydroxylation sites is 2. The fraction of sp³-hybridized carbons (Fsp3) is 0.194. The van der Waals surface area contributed by atoms with Crippen LogP contribution in [0.25, 0.3) is 34.4 Å². The number of anilines is 6. The smallest absolute Gasteiger partial charge is 0.0558 e. The van der Waals surface area contributed by atoms with Crippen LogP contribution in [0.4, 0.5) is 34.1 Å². The van der Waals surface area contributed by atoms with E-state index in [0.29, 0.717) is 0 Å². The lowest BCUT2D eigenvalue weighted by molar-refractivity contribution is 0.499. The van der Waals surface area contributed by atoms with Crippen molar-refractivity contribution in [2.75, 3.05) is 9.80 Å². The molecule has 0 saturated carbocycles. The van der Waals surface area contributed by atoms with E-state index >= 15 is 0 Å². The van der Waals surface area contributed by atoms with Gasteiger partial charge < -0.3 is 9.80 Å². The molecule has 0 saturated heterocycles. The van der Waals surface area contributed by atoms with Crippen LogP contribution in [0, 0.1) is 52.9 Å². The Labute approximate surface area is 381 Å².